The van der Waals surface area contributed by atoms with Crippen molar-refractivity contribution in [2.75, 3.05) is 11.5 Å². The van der Waals surface area contributed by atoms with Crippen LogP contribution in [0.2, 0.25) is 0 Å². The number of nitrogens with two attached hydrogens (primary N) is 2. The summed E-state index contributed by atoms with van der Waals surface area (Å²) >= 11 is 0. The number of rotatable bonds is 11. The van der Waals surface area contributed by atoms with Gasteiger partial charge >= 0.3 is 0 Å². The SMILES string of the molecule is CCCc1cc(-c2ccc(/N=N/c3cc4ccccc4c(S(=O)(=O)O)c3N)c(CCC)c2)ccc1/N=N/c1cc2ccccc2c(S(=O)(=O)O)c1N. The smallest absolute Gasteiger partial charge is 0.297 e. The Hall–Kier alpha value is -5.54. The van der Waals surface area contributed by atoms with Gasteiger partial charge in [0.15, 0.2) is 0 Å². The zero-order chi connectivity index (χ0) is 37.2. The standard InChI is InChI=1S/C38H36N6O6S2/c1-3-9-27-19-23(15-17-31(27)41-43-33-21-25-11-5-7-13-29(25)37(35(33)39)51(45,46)47)24-16-18-32(28(20-24)10-4-2)42-44-34-22-26-12-6-8-14-30(26)38(36(34)40)52(48,49)50/h5-8,11-22H,3-4,9-10,39-40H2,1-2H3,(H,45,46,47)(H,48,49,50)/b43-41+,44-42+. The Labute approximate surface area is 301 Å². The molecule has 6 aromatic carbocycles. The van der Waals surface area contributed by atoms with Crippen molar-refractivity contribution < 1.29 is 25.9 Å². The van der Waals surface area contributed by atoms with Crippen LogP contribution in [-0.4, -0.2) is 25.9 Å². The van der Waals surface area contributed by atoms with Crippen LogP contribution in [0.3, 0.4) is 0 Å². The van der Waals surface area contributed by atoms with E-state index in [1.165, 1.54) is 0 Å². The summed E-state index contributed by atoms with van der Waals surface area (Å²) < 4.78 is 68.9. The first-order valence-electron chi connectivity index (χ1n) is 16.5. The highest BCUT2D eigenvalue weighted by Gasteiger charge is 2.23. The Morgan fingerprint density at radius 2 is 0.885 bits per heavy atom. The molecule has 6 N–H and O–H groups in total. The second kappa shape index (κ2) is 14.6. The molecule has 0 saturated carbocycles. The van der Waals surface area contributed by atoms with Crippen LogP contribution in [0.1, 0.15) is 37.8 Å². The van der Waals surface area contributed by atoms with Crippen LogP contribution in [0.15, 0.2) is 127 Å². The molecule has 0 fully saturated rings. The molecule has 6 aromatic rings. The van der Waals surface area contributed by atoms with Crippen molar-refractivity contribution in [3.8, 4) is 11.1 Å². The molecule has 0 radical (unpaired) electrons. The van der Waals surface area contributed by atoms with Crippen LogP contribution >= 0.6 is 0 Å². The Morgan fingerprint density at radius 1 is 0.519 bits per heavy atom. The van der Waals surface area contributed by atoms with Gasteiger partial charge in [-0.1, -0.05) is 87.4 Å². The Morgan fingerprint density at radius 3 is 1.25 bits per heavy atom. The van der Waals surface area contributed by atoms with Gasteiger partial charge in [0.2, 0.25) is 0 Å². The van der Waals surface area contributed by atoms with E-state index in [0.717, 1.165) is 35.1 Å². The molecule has 6 rings (SSSR count). The minimum Gasteiger partial charge on any atom is -0.396 e. The van der Waals surface area contributed by atoms with Gasteiger partial charge in [0.1, 0.15) is 21.2 Å². The van der Waals surface area contributed by atoms with Crippen molar-refractivity contribution in [2.24, 2.45) is 20.5 Å². The number of hydrogen-bond donors (Lipinski definition) is 4. The topological polar surface area (TPSA) is 210 Å². The summed E-state index contributed by atoms with van der Waals surface area (Å²) in [6.45, 7) is 4.10. The molecule has 52 heavy (non-hydrogen) atoms. The van der Waals surface area contributed by atoms with Gasteiger partial charge in [-0.05, 0) is 82.3 Å². The second-order valence-electron chi connectivity index (χ2n) is 12.3. The number of azo groups is 2. The quantitative estimate of drug-likeness (QED) is 0.0569. The van der Waals surface area contributed by atoms with Gasteiger partial charge in [-0.2, -0.15) is 27.1 Å². The molecule has 0 heterocycles. The molecule has 0 atom stereocenters. The molecule has 0 aliphatic rings. The van der Waals surface area contributed by atoms with E-state index in [4.69, 9.17) is 11.5 Å². The highest BCUT2D eigenvalue weighted by molar-refractivity contribution is 7.86. The Kier molecular flexibility index (Phi) is 10.2. The molecule has 0 spiro atoms. The normalized spacial score (nSPS) is 12.5. The predicted molar refractivity (Wildman–Crippen MR) is 205 cm³/mol. The molecule has 0 amide bonds. The van der Waals surface area contributed by atoms with Crippen molar-refractivity contribution in [1.29, 1.82) is 0 Å². The first kappa shape index (κ1) is 36.3. The van der Waals surface area contributed by atoms with Crippen LogP contribution in [0.4, 0.5) is 34.1 Å². The zero-order valence-electron chi connectivity index (χ0n) is 28.4. The Bertz CT molecular complexity index is 2460. The summed E-state index contributed by atoms with van der Waals surface area (Å²) in [5, 5.41) is 19.2. The maximum absolute atomic E-state index is 12.3. The molecule has 0 unspecified atom stereocenters. The maximum atomic E-state index is 12.3. The average Bonchev–Trinajstić information content (AvgIpc) is 3.09. The summed E-state index contributed by atoms with van der Waals surface area (Å²) in [5.74, 6) is 0. The lowest BCUT2D eigenvalue weighted by atomic mass is 9.96. The van der Waals surface area contributed by atoms with Crippen LogP contribution in [0.25, 0.3) is 32.7 Å². The van der Waals surface area contributed by atoms with Crippen molar-refractivity contribution in [3.63, 3.8) is 0 Å². The van der Waals surface area contributed by atoms with E-state index in [1.807, 2.05) is 50.2 Å². The molecule has 266 valence electrons. The van der Waals surface area contributed by atoms with Crippen LogP contribution in [0.5, 0.6) is 0 Å². The predicted octanol–water partition coefficient (Wildman–Crippen LogP) is 10.1. The molecular weight excluding hydrogens is 701 g/mol. The van der Waals surface area contributed by atoms with Gasteiger partial charge < -0.3 is 11.5 Å². The van der Waals surface area contributed by atoms with Crippen molar-refractivity contribution in [1.82, 2.24) is 0 Å². The van der Waals surface area contributed by atoms with Gasteiger partial charge in [0.05, 0.1) is 22.7 Å². The highest BCUT2D eigenvalue weighted by Crippen LogP contribution is 2.40. The summed E-state index contributed by atoms with van der Waals surface area (Å²) in [5.41, 5.74) is 17.1. The lowest BCUT2D eigenvalue weighted by Crippen LogP contribution is -2.04. The van der Waals surface area contributed by atoms with E-state index >= 15 is 0 Å². The largest absolute Gasteiger partial charge is 0.396 e. The van der Waals surface area contributed by atoms with Crippen LogP contribution in [-0.2, 0) is 33.1 Å². The van der Waals surface area contributed by atoms with E-state index in [2.05, 4.69) is 20.5 Å². The minimum absolute atomic E-state index is 0.117. The van der Waals surface area contributed by atoms with E-state index in [0.29, 0.717) is 35.0 Å². The molecule has 12 nitrogen and oxygen atoms in total. The maximum Gasteiger partial charge on any atom is 0.297 e. The molecule has 14 heteroatoms. The molecule has 0 saturated heterocycles. The number of benzene rings is 6. The molecular formula is C38H36N6O6S2. The first-order valence-corrected chi connectivity index (χ1v) is 19.3. The fraction of sp³-hybridized carbons (Fsp3) is 0.158. The monoisotopic (exact) mass is 736 g/mol. The minimum atomic E-state index is -4.64. The Balaban J connectivity index is 1.35. The summed E-state index contributed by atoms with van der Waals surface area (Å²) in [6.07, 6.45) is 3.04. The summed E-state index contributed by atoms with van der Waals surface area (Å²) in [6, 6.07) is 28.2. The fourth-order valence-corrected chi connectivity index (χ4v) is 7.93. The van der Waals surface area contributed by atoms with Gasteiger partial charge in [0, 0.05) is 10.8 Å². The van der Waals surface area contributed by atoms with E-state index < -0.39 is 30.0 Å². The van der Waals surface area contributed by atoms with Crippen molar-refractivity contribution in [2.45, 2.75) is 49.3 Å². The van der Waals surface area contributed by atoms with Gasteiger partial charge in [0.25, 0.3) is 20.2 Å². The number of nitrogens with zero attached hydrogens (tertiary/aromatic N) is 4. The van der Waals surface area contributed by atoms with E-state index in [-0.39, 0.29) is 33.5 Å². The summed E-state index contributed by atoms with van der Waals surface area (Å²) in [7, 11) is -9.28. The fourth-order valence-electron chi connectivity index (χ4n) is 6.23. The third kappa shape index (κ3) is 7.41. The average molecular weight is 737 g/mol. The number of aryl methyl sites for hydroxylation is 2. The number of hydrogen-bond acceptors (Lipinski definition) is 10. The third-order valence-electron chi connectivity index (χ3n) is 8.61. The van der Waals surface area contributed by atoms with E-state index in [1.54, 1.807) is 60.7 Å². The van der Waals surface area contributed by atoms with Crippen molar-refractivity contribution in [3.05, 3.63) is 108 Å². The van der Waals surface area contributed by atoms with Crippen LogP contribution in [0, 0.1) is 0 Å². The lowest BCUT2D eigenvalue weighted by Gasteiger charge is -2.12. The van der Waals surface area contributed by atoms with Gasteiger partial charge in [-0.25, -0.2) is 0 Å². The summed E-state index contributed by atoms with van der Waals surface area (Å²) in [4.78, 5) is -0.809. The van der Waals surface area contributed by atoms with E-state index in [9.17, 15) is 25.9 Å². The highest BCUT2D eigenvalue weighted by atomic mass is 32.2. The molecule has 0 aromatic heterocycles. The number of anilines is 2. The second-order valence-corrected chi connectivity index (χ2v) is 15.0. The number of nitrogen functional groups attached to an aromatic ring is 2. The molecule has 0 aliphatic carbocycles. The molecule has 0 bridgehead atoms. The molecule has 0 aliphatic heterocycles. The van der Waals surface area contributed by atoms with Crippen molar-refractivity contribution >= 4 is 75.9 Å². The zero-order valence-corrected chi connectivity index (χ0v) is 30.0. The van der Waals surface area contributed by atoms with Gasteiger partial charge in [-0.3, -0.25) is 9.11 Å². The van der Waals surface area contributed by atoms with Gasteiger partial charge in [-0.15, -0.1) is 10.2 Å². The number of fused-ring (bicyclic) bond motifs is 2. The first-order chi connectivity index (χ1) is 24.8. The lowest BCUT2D eigenvalue weighted by molar-refractivity contribution is 0.482. The third-order valence-corrected chi connectivity index (χ3v) is 10.5. The van der Waals surface area contributed by atoms with Crippen LogP contribution < -0.4 is 11.5 Å².